The van der Waals surface area contributed by atoms with Crippen molar-refractivity contribution in [2.45, 2.75) is 39.2 Å². The fourth-order valence-electron chi connectivity index (χ4n) is 2.53. The van der Waals surface area contributed by atoms with E-state index in [2.05, 4.69) is 18.7 Å². The molecule has 0 aromatic rings. The molecule has 0 aromatic heterocycles. The van der Waals surface area contributed by atoms with Gasteiger partial charge in [0.25, 0.3) is 0 Å². The average molecular weight is 211 g/mol. The lowest BCUT2D eigenvalue weighted by Gasteiger charge is -2.31. The molecule has 2 atom stereocenters. The molecular weight excluding hydrogens is 190 g/mol. The van der Waals surface area contributed by atoms with Gasteiger partial charge in [0.2, 0.25) is 5.91 Å². The van der Waals surface area contributed by atoms with Crippen molar-refractivity contribution in [3.63, 3.8) is 0 Å². The highest BCUT2D eigenvalue weighted by atomic mass is 16.5. The van der Waals surface area contributed by atoms with Gasteiger partial charge in [-0.15, -0.1) is 0 Å². The molecule has 0 aliphatic carbocycles. The molecule has 2 aliphatic rings. The number of hydrogen-bond acceptors (Lipinski definition) is 2. The first-order valence-corrected chi connectivity index (χ1v) is 6.05. The normalized spacial score (nSPS) is 32.7. The number of rotatable bonds is 2. The van der Waals surface area contributed by atoms with E-state index in [1.54, 1.807) is 0 Å². The second kappa shape index (κ2) is 4.52. The maximum atomic E-state index is 11.9. The zero-order chi connectivity index (χ0) is 10.8. The van der Waals surface area contributed by atoms with Crippen LogP contribution in [0.4, 0.5) is 0 Å². The summed E-state index contributed by atoms with van der Waals surface area (Å²) in [7, 11) is 0. The predicted molar refractivity (Wildman–Crippen MR) is 58.5 cm³/mol. The molecule has 0 spiro atoms. The summed E-state index contributed by atoms with van der Waals surface area (Å²) >= 11 is 0. The molecule has 2 saturated heterocycles. The second-order valence-electron chi connectivity index (χ2n) is 5.13. The molecule has 2 aliphatic heterocycles. The molecule has 0 N–H and O–H groups in total. The maximum absolute atomic E-state index is 11.9. The first-order valence-electron chi connectivity index (χ1n) is 6.05. The van der Waals surface area contributed by atoms with Crippen LogP contribution < -0.4 is 0 Å². The summed E-state index contributed by atoms with van der Waals surface area (Å²) in [6, 6.07) is 0.356. The van der Waals surface area contributed by atoms with E-state index in [1.165, 1.54) is 0 Å². The molecule has 1 unspecified atom stereocenters. The molecule has 2 fully saturated rings. The van der Waals surface area contributed by atoms with Gasteiger partial charge in [-0.1, -0.05) is 13.8 Å². The molecule has 86 valence electrons. The van der Waals surface area contributed by atoms with Crippen LogP contribution in [0.15, 0.2) is 0 Å². The fourth-order valence-corrected chi connectivity index (χ4v) is 2.53. The highest BCUT2D eigenvalue weighted by Crippen LogP contribution is 2.28. The Balaban J connectivity index is 1.95. The number of amides is 1. The van der Waals surface area contributed by atoms with Crippen molar-refractivity contribution in [1.29, 1.82) is 0 Å². The number of nitrogens with zero attached hydrogens (tertiary/aromatic N) is 1. The van der Waals surface area contributed by atoms with Crippen LogP contribution in [-0.2, 0) is 9.53 Å². The third-order valence-electron chi connectivity index (χ3n) is 3.71. The lowest BCUT2D eigenvalue weighted by molar-refractivity contribution is -0.132. The summed E-state index contributed by atoms with van der Waals surface area (Å²) in [6.07, 6.45) is 2.96. The van der Waals surface area contributed by atoms with Crippen molar-refractivity contribution in [2.24, 2.45) is 11.8 Å². The van der Waals surface area contributed by atoms with Gasteiger partial charge in [-0.25, -0.2) is 0 Å². The molecule has 1 amide bonds. The molecule has 0 aromatic carbocycles. The minimum atomic E-state index is 0.337. The summed E-state index contributed by atoms with van der Waals surface area (Å²) in [5.41, 5.74) is 0. The molecule has 0 bridgehead atoms. The summed E-state index contributed by atoms with van der Waals surface area (Å²) in [4.78, 5) is 13.9. The Morgan fingerprint density at radius 3 is 2.80 bits per heavy atom. The molecule has 2 heterocycles. The Labute approximate surface area is 91.8 Å². The minimum absolute atomic E-state index is 0.337. The number of likely N-dealkylation sites (tertiary alicyclic amines) is 1. The molecule has 0 saturated carbocycles. The van der Waals surface area contributed by atoms with Crippen LogP contribution in [0.1, 0.15) is 33.1 Å². The van der Waals surface area contributed by atoms with Gasteiger partial charge in [0, 0.05) is 19.6 Å². The van der Waals surface area contributed by atoms with Crippen LogP contribution in [0.5, 0.6) is 0 Å². The molecular formula is C12H21NO2. The Morgan fingerprint density at radius 2 is 2.27 bits per heavy atom. The third kappa shape index (κ3) is 2.33. The summed E-state index contributed by atoms with van der Waals surface area (Å²) < 4.78 is 5.44. The van der Waals surface area contributed by atoms with E-state index in [0.29, 0.717) is 23.8 Å². The average Bonchev–Trinajstić information content (AvgIpc) is 2.62. The van der Waals surface area contributed by atoms with Crippen molar-refractivity contribution in [1.82, 2.24) is 4.90 Å². The van der Waals surface area contributed by atoms with Gasteiger partial charge < -0.3 is 9.64 Å². The number of carbonyl (C=O) groups excluding carboxylic acids is 1. The standard InChI is InChI=1S/C12H21NO2/c1-9(2)10-6-12(14)13(7-10)11-4-3-5-15-8-11/h9-11H,3-8H2,1-2H3/t10?,11-/m0/s1. The summed E-state index contributed by atoms with van der Waals surface area (Å²) in [6.45, 7) is 6.98. The molecule has 3 heteroatoms. The van der Waals surface area contributed by atoms with Gasteiger partial charge in [0.1, 0.15) is 0 Å². The first-order chi connectivity index (χ1) is 7.18. The minimum Gasteiger partial charge on any atom is -0.379 e. The van der Waals surface area contributed by atoms with Crippen LogP contribution in [0.2, 0.25) is 0 Å². The van der Waals surface area contributed by atoms with E-state index in [4.69, 9.17) is 4.74 Å². The zero-order valence-electron chi connectivity index (χ0n) is 9.74. The van der Waals surface area contributed by atoms with E-state index in [-0.39, 0.29) is 0 Å². The Morgan fingerprint density at radius 1 is 1.47 bits per heavy atom. The van der Waals surface area contributed by atoms with Crippen molar-refractivity contribution < 1.29 is 9.53 Å². The lowest BCUT2D eigenvalue weighted by atomic mass is 9.95. The van der Waals surface area contributed by atoms with Crippen molar-refractivity contribution in [3.05, 3.63) is 0 Å². The zero-order valence-corrected chi connectivity index (χ0v) is 9.74. The van der Waals surface area contributed by atoms with Crippen LogP contribution in [0.3, 0.4) is 0 Å². The van der Waals surface area contributed by atoms with E-state index < -0.39 is 0 Å². The second-order valence-corrected chi connectivity index (χ2v) is 5.13. The Hall–Kier alpha value is -0.570. The quantitative estimate of drug-likeness (QED) is 0.695. The fraction of sp³-hybridized carbons (Fsp3) is 0.917. The maximum Gasteiger partial charge on any atom is 0.223 e. The summed E-state index contributed by atoms with van der Waals surface area (Å²) in [5.74, 6) is 1.51. The van der Waals surface area contributed by atoms with Crippen LogP contribution >= 0.6 is 0 Å². The molecule has 15 heavy (non-hydrogen) atoms. The van der Waals surface area contributed by atoms with Crippen molar-refractivity contribution in [3.8, 4) is 0 Å². The monoisotopic (exact) mass is 211 g/mol. The topological polar surface area (TPSA) is 29.5 Å². The Kier molecular flexibility index (Phi) is 3.29. The van der Waals surface area contributed by atoms with E-state index in [0.717, 1.165) is 39.0 Å². The third-order valence-corrected chi connectivity index (χ3v) is 3.71. The Bertz CT molecular complexity index is 234. The smallest absolute Gasteiger partial charge is 0.223 e. The SMILES string of the molecule is CC(C)C1CC(=O)N([C@H]2CCCOC2)C1. The number of hydrogen-bond donors (Lipinski definition) is 0. The summed E-state index contributed by atoms with van der Waals surface area (Å²) in [5, 5.41) is 0. The van der Waals surface area contributed by atoms with Gasteiger partial charge in [0.15, 0.2) is 0 Å². The van der Waals surface area contributed by atoms with Gasteiger partial charge >= 0.3 is 0 Å². The van der Waals surface area contributed by atoms with Gasteiger partial charge in [-0.2, -0.15) is 0 Å². The van der Waals surface area contributed by atoms with Crippen LogP contribution in [-0.4, -0.2) is 36.6 Å². The number of carbonyl (C=O) groups is 1. The van der Waals surface area contributed by atoms with Crippen molar-refractivity contribution >= 4 is 5.91 Å². The molecule has 0 radical (unpaired) electrons. The van der Waals surface area contributed by atoms with Crippen LogP contribution in [0, 0.1) is 11.8 Å². The first kappa shape index (κ1) is 10.9. The predicted octanol–water partition coefficient (Wildman–Crippen LogP) is 1.67. The van der Waals surface area contributed by atoms with E-state index >= 15 is 0 Å². The molecule has 3 nitrogen and oxygen atoms in total. The van der Waals surface area contributed by atoms with Crippen LogP contribution in [0.25, 0.3) is 0 Å². The highest BCUT2D eigenvalue weighted by Gasteiger charge is 2.36. The van der Waals surface area contributed by atoms with Crippen molar-refractivity contribution in [2.75, 3.05) is 19.8 Å². The number of ether oxygens (including phenoxy) is 1. The van der Waals surface area contributed by atoms with Gasteiger partial charge in [0.05, 0.1) is 12.6 Å². The lowest BCUT2D eigenvalue weighted by Crippen LogP contribution is -2.42. The van der Waals surface area contributed by atoms with Gasteiger partial charge in [-0.3, -0.25) is 4.79 Å². The molecule has 2 rings (SSSR count). The largest absolute Gasteiger partial charge is 0.379 e. The van der Waals surface area contributed by atoms with E-state index in [1.807, 2.05) is 0 Å². The van der Waals surface area contributed by atoms with Gasteiger partial charge in [-0.05, 0) is 24.7 Å². The van der Waals surface area contributed by atoms with E-state index in [9.17, 15) is 4.79 Å². The highest BCUT2D eigenvalue weighted by molar-refractivity contribution is 5.79.